The Labute approximate surface area is 184 Å². The number of amides is 2. The summed E-state index contributed by atoms with van der Waals surface area (Å²) in [5.74, 6) is -1.25. The van der Waals surface area contributed by atoms with Crippen LogP contribution in [0, 0.1) is 11.7 Å². The van der Waals surface area contributed by atoms with Crippen molar-refractivity contribution in [1.82, 2.24) is 20.0 Å². The van der Waals surface area contributed by atoms with Crippen LogP contribution in [0.1, 0.15) is 64.5 Å². The van der Waals surface area contributed by atoms with Gasteiger partial charge in [-0.05, 0) is 56.2 Å². The van der Waals surface area contributed by atoms with Crippen LogP contribution in [0.4, 0.5) is 4.39 Å². The van der Waals surface area contributed by atoms with E-state index in [0.717, 1.165) is 12.8 Å². The number of rotatable bonds is 10. The van der Waals surface area contributed by atoms with Crippen LogP contribution < -0.4 is 14.8 Å². The van der Waals surface area contributed by atoms with Gasteiger partial charge in [0.05, 0.1) is 18.1 Å². The van der Waals surface area contributed by atoms with Gasteiger partial charge >= 0.3 is 0 Å². The van der Waals surface area contributed by atoms with Crippen LogP contribution in [0.15, 0.2) is 24.4 Å². The lowest BCUT2D eigenvalue weighted by atomic mass is 10.1. The van der Waals surface area contributed by atoms with E-state index in [1.807, 2.05) is 0 Å². The summed E-state index contributed by atoms with van der Waals surface area (Å²) in [6, 6.07) is 3.75. The molecule has 0 saturated heterocycles. The maximum absolute atomic E-state index is 14.0. The zero-order valence-electron chi connectivity index (χ0n) is 17.4. The number of aryl methyl sites for hydroxylation is 1. The highest BCUT2D eigenvalue weighted by molar-refractivity contribution is 7.89. The van der Waals surface area contributed by atoms with Crippen LogP contribution in [-0.2, 0) is 16.4 Å². The number of imide groups is 1. The third-order valence-corrected chi connectivity index (χ3v) is 6.85. The Morgan fingerprint density at radius 1 is 1.25 bits per heavy atom. The van der Waals surface area contributed by atoms with Crippen molar-refractivity contribution in [2.75, 3.05) is 12.4 Å². The number of benzene rings is 1. The molecule has 2 aromatic rings. The first-order valence-electron chi connectivity index (χ1n) is 10.4. The number of fused-ring (bicyclic) bond motifs is 1. The van der Waals surface area contributed by atoms with E-state index in [0.29, 0.717) is 23.8 Å². The Balaban J connectivity index is 1.32. The van der Waals surface area contributed by atoms with E-state index in [1.165, 1.54) is 24.4 Å². The Hall–Kier alpha value is -2.92. The second-order valence-electron chi connectivity index (χ2n) is 8.05. The maximum atomic E-state index is 14.0. The second kappa shape index (κ2) is 8.91. The highest BCUT2D eigenvalue weighted by Gasteiger charge is 2.30. The molecule has 11 heteroatoms. The first-order chi connectivity index (χ1) is 15.2. The van der Waals surface area contributed by atoms with Crippen molar-refractivity contribution in [1.29, 1.82) is 0 Å². The molecule has 1 atom stereocenters. The lowest BCUT2D eigenvalue weighted by Gasteiger charge is -2.16. The van der Waals surface area contributed by atoms with Crippen molar-refractivity contribution in [3.05, 3.63) is 52.9 Å². The molecule has 1 aromatic heterocycles. The fourth-order valence-corrected chi connectivity index (χ4v) is 4.64. The average Bonchev–Trinajstić information content (AvgIpc) is 3.52. The molecular weight excluding hydrogens is 439 g/mol. The quantitative estimate of drug-likeness (QED) is 0.516. The minimum absolute atomic E-state index is 0.0263. The topological polar surface area (TPSA) is 127 Å². The number of sulfonamides is 1. The van der Waals surface area contributed by atoms with Crippen molar-refractivity contribution in [2.45, 2.75) is 38.6 Å². The number of nitrogens with one attached hydrogen (secondary N) is 2. The third kappa shape index (κ3) is 5.28. The Bertz CT molecular complexity index is 1170. The number of nitrogens with zero attached hydrogens (tertiary/aromatic N) is 2. The Kier molecular flexibility index (Phi) is 6.20. The fraction of sp³-hybridized carbons (Fsp3) is 0.429. The molecule has 1 fully saturated rings. The molecule has 4 rings (SSSR count). The van der Waals surface area contributed by atoms with Crippen LogP contribution in [0.25, 0.3) is 0 Å². The van der Waals surface area contributed by atoms with Gasteiger partial charge in [-0.25, -0.2) is 27.5 Å². The molecular formula is C21H23FN4O5S. The van der Waals surface area contributed by atoms with Gasteiger partial charge in [0.2, 0.25) is 10.0 Å². The molecule has 2 N–H and O–H groups in total. The molecule has 1 aliphatic carbocycles. The van der Waals surface area contributed by atoms with Crippen molar-refractivity contribution in [2.24, 2.45) is 5.92 Å². The summed E-state index contributed by atoms with van der Waals surface area (Å²) in [6.07, 6.45) is 4.04. The van der Waals surface area contributed by atoms with Gasteiger partial charge in [-0.15, -0.1) is 0 Å². The van der Waals surface area contributed by atoms with Crippen LogP contribution in [0.2, 0.25) is 0 Å². The van der Waals surface area contributed by atoms with Gasteiger partial charge in [-0.3, -0.25) is 14.9 Å². The second-order valence-corrected chi connectivity index (χ2v) is 9.92. The zero-order chi connectivity index (χ0) is 22.9. The summed E-state index contributed by atoms with van der Waals surface area (Å²) in [7, 11) is -3.64. The third-order valence-electron chi connectivity index (χ3n) is 5.31. The van der Waals surface area contributed by atoms with Gasteiger partial charge in [-0.1, -0.05) is 6.07 Å². The van der Waals surface area contributed by atoms with Gasteiger partial charge in [0.25, 0.3) is 11.8 Å². The Morgan fingerprint density at radius 3 is 2.75 bits per heavy atom. The van der Waals surface area contributed by atoms with Gasteiger partial charge < -0.3 is 4.74 Å². The number of carbonyl (C=O) groups excluding carboxylic acids is 2. The van der Waals surface area contributed by atoms with E-state index in [2.05, 4.69) is 20.0 Å². The summed E-state index contributed by atoms with van der Waals surface area (Å²) in [5, 5.41) is 2.11. The Morgan fingerprint density at radius 2 is 2.00 bits per heavy atom. The molecule has 0 bridgehead atoms. The summed E-state index contributed by atoms with van der Waals surface area (Å²) in [6.45, 7) is 2.14. The molecule has 0 spiro atoms. The van der Waals surface area contributed by atoms with Gasteiger partial charge in [0, 0.05) is 12.2 Å². The number of aromatic nitrogens is 2. The molecule has 0 radical (unpaired) electrons. The maximum Gasteiger partial charge on any atom is 0.279 e. The van der Waals surface area contributed by atoms with Crippen molar-refractivity contribution in [3.8, 4) is 5.75 Å². The monoisotopic (exact) mass is 462 g/mol. The van der Waals surface area contributed by atoms with Crippen LogP contribution in [-0.4, -0.2) is 42.6 Å². The van der Waals surface area contributed by atoms with Crippen molar-refractivity contribution >= 4 is 21.8 Å². The molecule has 2 aliphatic rings. The van der Waals surface area contributed by atoms with Crippen molar-refractivity contribution < 1.29 is 27.1 Å². The van der Waals surface area contributed by atoms with E-state index < -0.39 is 33.7 Å². The summed E-state index contributed by atoms with van der Waals surface area (Å²) in [5.41, 5.74) is 0.952. The number of carbonyl (C=O) groups is 2. The molecule has 2 heterocycles. The lowest BCUT2D eigenvalue weighted by Crippen LogP contribution is -2.29. The first kappa shape index (κ1) is 22.3. The molecule has 1 aliphatic heterocycles. The fourth-order valence-electron chi connectivity index (χ4n) is 3.32. The van der Waals surface area contributed by atoms with Crippen LogP contribution >= 0.6 is 0 Å². The number of halogens is 1. The van der Waals surface area contributed by atoms with Crippen LogP contribution in [0.5, 0.6) is 5.75 Å². The molecule has 1 saturated carbocycles. The van der Waals surface area contributed by atoms with E-state index in [-0.39, 0.29) is 35.7 Å². The smallest absolute Gasteiger partial charge is 0.279 e. The summed E-state index contributed by atoms with van der Waals surface area (Å²) in [4.78, 5) is 31.2. The number of ether oxygens (including phenoxy) is 1. The van der Waals surface area contributed by atoms with E-state index >= 15 is 0 Å². The predicted octanol–water partition coefficient (Wildman–Crippen LogP) is 1.90. The molecule has 0 unspecified atom stereocenters. The van der Waals surface area contributed by atoms with Crippen molar-refractivity contribution in [3.63, 3.8) is 0 Å². The highest BCUT2D eigenvalue weighted by atomic mass is 32.2. The molecule has 170 valence electrons. The van der Waals surface area contributed by atoms with Gasteiger partial charge in [0.1, 0.15) is 0 Å². The zero-order valence-corrected chi connectivity index (χ0v) is 18.2. The largest absolute Gasteiger partial charge is 0.490 e. The standard InChI is InChI=1S/C21H23FN4O5S/c1-12(14-6-7-16(22)17(9-14)31-11-13-4-5-13)26-32(29,30)8-2-3-15-10-23-18-19(24-15)21(28)25-20(18)27/h6-7,9-10,12-13,26H,2-5,8,11H2,1H3,(H,25,27,28)/t12-/m1/s1. The average molecular weight is 463 g/mol. The molecule has 1 aromatic carbocycles. The molecule has 32 heavy (non-hydrogen) atoms. The lowest BCUT2D eigenvalue weighted by molar-refractivity contribution is 0.0876. The number of hydrogen-bond donors (Lipinski definition) is 2. The molecule has 9 nitrogen and oxygen atoms in total. The minimum Gasteiger partial charge on any atom is -0.490 e. The highest BCUT2D eigenvalue weighted by Crippen LogP contribution is 2.31. The van der Waals surface area contributed by atoms with E-state index in [4.69, 9.17) is 4.74 Å². The molecule has 2 amide bonds. The summed E-state index contributed by atoms with van der Waals surface area (Å²) < 4.78 is 47.1. The van der Waals surface area contributed by atoms with Crippen LogP contribution in [0.3, 0.4) is 0 Å². The minimum atomic E-state index is -3.64. The normalized spacial score (nSPS) is 16.6. The van der Waals surface area contributed by atoms with Gasteiger partial charge in [0.15, 0.2) is 23.0 Å². The van der Waals surface area contributed by atoms with E-state index in [9.17, 15) is 22.4 Å². The first-order valence-corrected chi connectivity index (χ1v) is 12.0. The summed E-state index contributed by atoms with van der Waals surface area (Å²) >= 11 is 0. The van der Waals surface area contributed by atoms with Gasteiger partial charge in [-0.2, -0.15) is 0 Å². The number of hydrogen-bond acceptors (Lipinski definition) is 7. The van der Waals surface area contributed by atoms with E-state index in [1.54, 1.807) is 6.92 Å². The SMILES string of the molecule is C[C@@H](NS(=O)(=O)CCCc1cnc2c(n1)C(=O)NC2=O)c1ccc(F)c(OCC2CC2)c1. The predicted molar refractivity (Wildman–Crippen MR) is 112 cm³/mol.